The third-order valence-electron chi connectivity index (χ3n) is 4.88. The Morgan fingerprint density at radius 2 is 1.56 bits per heavy atom. The average Bonchev–Trinajstić information content (AvgIpc) is 2.81. The van der Waals surface area contributed by atoms with Crippen LogP contribution in [-0.4, -0.2) is 31.2 Å². The molecule has 34 heavy (non-hydrogen) atoms. The number of hydrogen-bond donors (Lipinski definition) is 1. The van der Waals surface area contributed by atoms with Gasteiger partial charge in [-0.25, -0.2) is 13.8 Å². The van der Waals surface area contributed by atoms with Crippen molar-refractivity contribution in [3.63, 3.8) is 0 Å². The normalized spacial score (nSPS) is 11.7. The third kappa shape index (κ3) is 6.40. The fourth-order valence-corrected chi connectivity index (χ4v) is 4.04. The van der Waals surface area contributed by atoms with Gasteiger partial charge < -0.3 is 0 Å². The monoisotopic (exact) mass is 500 g/mol. The van der Waals surface area contributed by atoms with Crippen LogP contribution in [0.15, 0.2) is 77.9 Å². The minimum Gasteiger partial charge on any atom is -0.267 e. The van der Waals surface area contributed by atoms with E-state index in [1.807, 2.05) is 0 Å². The first kappa shape index (κ1) is 24.9. The Morgan fingerprint density at radius 1 is 1.00 bits per heavy atom. The number of halogens is 1. The number of sulfonamides is 1. The number of carbonyl (C=O) groups excluding carboxylic acids is 1. The van der Waals surface area contributed by atoms with Gasteiger partial charge in [-0.15, -0.1) is 0 Å². The molecule has 0 radical (unpaired) electrons. The van der Waals surface area contributed by atoms with Crippen molar-refractivity contribution in [2.45, 2.75) is 13.5 Å². The highest BCUT2D eigenvalue weighted by Gasteiger charge is 2.18. The number of nitrogens with one attached hydrogen (secondary N) is 1. The molecule has 0 fully saturated rings. The lowest BCUT2D eigenvalue weighted by Gasteiger charge is -2.22. The van der Waals surface area contributed by atoms with Gasteiger partial charge >= 0.3 is 0 Å². The predicted molar refractivity (Wildman–Crippen MR) is 132 cm³/mol. The van der Waals surface area contributed by atoms with Crippen LogP contribution < -0.4 is 9.73 Å². The number of nitro groups is 1. The Morgan fingerprint density at radius 3 is 2.09 bits per heavy atom. The van der Waals surface area contributed by atoms with E-state index in [0.717, 1.165) is 11.8 Å². The number of hydrogen-bond acceptors (Lipinski definition) is 6. The molecule has 9 nitrogen and oxygen atoms in total. The molecular weight excluding hydrogens is 480 g/mol. The summed E-state index contributed by atoms with van der Waals surface area (Å²) in [4.78, 5) is 22.7. The Bertz CT molecular complexity index is 1320. The summed E-state index contributed by atoms with van der Waals surface area (Å²) in [7, 11) is -3.58. The predicted octanol–water partition coefficient (Wildman–Crippen LogP) is 4.37. The van der Waals surface area contributed by atoms with Crippen molar-refractivity contribution in [3.8, 4) is 0 Å². The van der Waals surface area contributed by atoms with Crippen LogP contribution in [0.25, 0.3) is 0 Å². The van der Waals surface area contributed by atoms with Crippen molar-refractivity contribution in [3.05, 3.63) is 105 Å². The second-order valence-electron chi connectivity index (χ2n) is 7.39. The van der Waals surface area contributed by atoms with Crippen LogP contribution in [0.5, 0.6) is 0 Å². The zero-order chi connectivity index (χ0) is 24.9. The highest BCUT2D eigenvalue weighted by atomic mass is 35.5. The molecule has 0 saturated carbocycles. The molecule has 0 saturated heterocycles. The van der Waals surface area contributed by atoms with E-state index in [2.05, 4.69) is 10.5 Å². The van der Waals surface area contributed by atoms with Crippen molar-refractivity contribution in [2.24, 2.45) is 5.10 Å². The van der Waals surface area contributed by atoms with Crippen molar-refractivity contribution >= 4 is 44.6 Å². The zero-order valence-corrected chi connectivity index (χ0v) is 19.9. The first-order valence-corrected chi connectivity index (χ1v) is 12.2. The summed E-state index contributed by atoms with van der Waals surface area (Å²) in [5, 5.41) is 15.3. The van der Waals surface area contributed by atoms with Gasteiger partial charge in [0.05, 0.1) is 29.1 Å². The van der Waals surface area contributed by atoms with Crippen molar-refractivity contribution in [1.29, 1.82) is 0 Å². The Hall–Kier alpha value is -3.76. The maximum Gasteiger partial charge on any atom is 0.271 e. The van der Waals surface area contributed by atoms with Crippen LogP contribution in [0.3, 0.4) is 0 Å². The third-order valence-corrected chi connectivity index (χ3v) is 6.27. The molecule has 176 valence electrons. The molecule has 0 aliphatic rings. The number of nitrogens with zero attached hydrogens (tertiary/aromatic N) is 3. The number of benzene rings is 3. The van der Waals surface area contributed by atoms with Crippen LogP contribution in [-0.2, 0) is 16.6 Å². The quantitative estimate of drug-likeness (QED) is 0.279. The number of anilines is 1. The van der Waals surface area contributed by atoms with Gasteiger partial charge in [-0.05, 0) is 66.6 Å². The smallest absolute Gasteiger partial charge is 0.267 e. The summed E-state index contributed by atoms with van der Waals surface area (Å²) in [5.41, 5.74) is 4.91. The van der Waals surface area contributed by atoms with Crippen molar-refractivity contribution < 1.29 is 18.1 Å². The molecule has 11 heteroatoms. The van der Waals surface area contributed by atoms with E-state index >= 15 is 0 Å². The van der Waals surface area contributed by atoms with E-state index < -0.39 is 20.9 Å². The van der Waals surface area contributed by atoms with Crippen molar-refractivity contribution in [2.75, 3.05) is 10.6 Å². The zero-order valence-electron chi connectivity index (χ0n) is 18.3. The lowest BCUT2D eigenvalue weighted by atomic mass is 10.1. The molecule has 0 aromatic heterocycles. The lowest BCUT2D eigenvalue weighted by Crippen LogP contribution is -2.29. The first-order chi connectivity index (χ1) is 16.0. The van der Waals surface area contributed by atoms with E-state index in [1.165, 1.54) is 28.6 Å². The number of hydrazone groups is 1. The molecule has 0 atom stereocenters. The number of nitro benzene ring substituents is 1. The largest absolute Gasteiger partial charge is 0.271 e. The minimum absolute atomic E-state index is 0.0418. The van der Waals surface area contributed by atoms with Gasteiger partial charge in [0.25, 0.3) is 11.6 Å². The molecule has 0 heterocycles. The molecule has 3 aromatic rings. The van der Waals surface area contributed by atoms with E-state index in [1.54, 1.807) is 55.5 Å². The molecule has 3 aromatic carbocycles. The average molecular weight is 501 g/mol. The Labute approximate surface area is 201 Å². The second kappa shape index (κ2) is 10.4. The number of rotatable bonds is 8. The summed E-state index contributed by atoms with van der Waals surface area (Å²) in [6.45, 7) is 1.77. The van der Waals surface area contributed by atoms with Crippen LogP contribution in [0.4, 0.5) is 11.4 Å². The topological polar surface area (TPSA) is 122 Å². The van der Waals surface area contributed by atoms with E-state index in [-0.39, 0.29) is 17.8 Å². The fraction of sp³-hybridized carbons (Fsp3) is 0.130. The summed E-state index contributed by atoms with van der Waals surface area (Å²) in [6, 6.07) is 18.7. The van der Waals surface area contributed by atoms with Crippen LogP contribution in [0, 0.1) is 10.1 Å². The maximum atomic E-state index is 12.5. The number of non-ortho nitro benzene ring substituents is 1. The molecule has 1 amide bonds. The number of carbonyl (C=O) groups is 1. The van der Waals surface area contributed by atoms with Gasteiger partial charge in [0.15, 0.2) is 0 Å². The molecule has 1 N–H and O–H groups in total. The molecule has 0 aliphatic carbocycles. The van der Waals surface area contributed by atoms with Crippen molar-refractivity contribution in [1.82, 2.24) is 5.43 Å². The van der Waals surface area contributed by atoms with Gasteiger partial charge in [-0.2, -0.15) is 5.10 Å². The van der Waals surface area contributed by atoms with Gasteiger partial charge in [0.2, 0.25) is 10.0 Å². The van der Waals surface area contributed by atoms with Crippen LogP contribution in [0.1, 0.15) is 28.4 Å². The second-order valence-corrected chi connectivity index (χ2v) is 9.73. The molecule has 0 spiro atoms. The van der Waals surface area contributed by atoms with Gasteiger partial charge in [-0.1, -0.05) is 23.7 Å². The standard InChI is InChI=1S/C23H21ClN4O5S/c1-16(18-5-13-22(14-6-18)28(30)31)25-26-23(29)19-7-11-21(12-8-19)27(34(2,32)33)15-17-3-9-20(24)10-4-17/h3-14H,15H2,1-2H3,(H,26,29)/b25-16-. The van der Waals surface area contributed by atoms with Crippen LogP contribution in [0.2, 0.25) is 5.02 Å². The number of amides is 1. The minimum atomic E-state index is -3.58. The Balaban J connectivity index is 1.72. The van der Waals surface area contributed by atoms with E-state index in [9.17, 15) is 23.3 Å². The van der Waals surface area contributed by atoms with Gasteiger partial charge in [-0.3, -0.25) is 19.2 Å². The fourth-order valence-electron chi connectivity index (χ4n) is 3.02. The summed E-state index contributed by atoms with van der Waals surface area (Å²) in [6.07, 6.45) is 1.11. The molecule has 3 rings (SSSR count). The summed E-state index contributed by atoms with van der Waals surface area (Å²) < 4.78 is 25.9. The molecular formula is C23H21ClN4O5S. The first-order valence-electron chi connectivity index (χ1n) is 9.96. The SMILES string of the molecule is C/C(=N/NC(=O)c1ccc(N(Cc2ccc(Cl)cc2)S(C)(=O)=O)cc1)c1ccc([N+](=O)[O-])cc1. The summed E-state index contributed by atoms with van der Waals surface area (Å²) >= 11 is 5.90. The molecule has 0 aliphatic heterocycles. The van der Waals surface area contributed by atoms with Gasteiger partial charge in [0.1, 0.15) is 0 Å². The van der Waals surface area contributed by atoms with E-state index in [4.69, 9.17) is 11.6 Å². The Kier molecular flexibility index (Phi) is 7.64. The summed E-state index contributed by atoms with van der Waals surface area (Å²) in [5.74, 6) is -0.489. The van der Waals surface area contributed by atoms with Crippen LogP contribution >= 0.6 is 11.6 Å². The van der Waals surface area contributed by atoms with E-state index in [0.29, 0.717) is 22.0 Å². The molecule has 0 bridgehead atoms. The maximum absolute atomic E-state index is 12.5. The molecule has 0 unspecified atom stereocenters. The lowest BCUT2D eigenvalue weighted by molar-refractivity contribution is -0.384. The highest BCUT2D eigenvalue weighted by molar-refractivity contribution is 7.92. The van der Waals surface area contributed by atoms with Gasteiger partial charge in [0, 0.05) is 22.7 Å². The highest BCUT2D eigenvalue weighted by Crippen LogP contribution is 2.22.